The van der Waals surface area contributed by atoms with Crippen molar-refractivity contribution in [2.75, 3.05) is 0 Å². The van der Waals surface area contributed by atoms with Gasteiger partial charge in [0.25, 0.3) is 0 Å². The Morgan fingerprint density at radius 2 is 1.78 bits per heavy atom. The zero-order chi connectivity index (χ0) is 13.2. The second kappa shape index (κ2) is 5.13. The molecule has 2 N–H and O–H groups in total. The van der Waals surface area contributed by atoms with Crippen LogP contribution in [-0.4, -0.2) is 0 Å². The van der Waals surface area contributed by atoms with E-state index in [9.17, 15) is 0 Å². The van der Waals surface area contributed by atoms with Crippen molar-refractivity contribution in [2.24, 2.45) is 5.73 Å². The van der Waals surface area contributed by atoms with Crippen molar-refractivity contribution in [3.8, 4) is 0 Å². The largest absolute Gasteiger partial charge is 0.321 e. The lowest BCUT2D eigenvalue weighted by Gasteiger charge is -2.25. The van der Waals surface area contributed by atoms with Gasteiger partial charge in [0.2, 0.25) is 0 Å². The van der Waals surface area contributed by atoms with Gasteiger partial charge in [0.05, 0.1) is 0 Å². The van der Waals surface area contributed by atoms with Gasteiger partial charge in [-0.15, -0.1) is 0 Å². The fourth-order valence-electron chi connectivity index (χ4n) is 2.18. The van der Waals surface area contributed by atoms with Crippen molar-refractivity contribution < 1.29 is 0 Å². The molecular formula is C16H18ClN. The summed E-state index contributed by atoms with van der Waals surface area (Å²) in [7, 11) is 0. The molecule has 0 saturated heterocycles. The third kappa shape index (κ3) is 3.12. The molecule has 0 fully saturated rings. The highest BCUT2D eigenvalue weighted by atomic mass is 35.5. The van der Waals surface area contributed by atoms with E-state index >= 15 is 0 Å². The maximum atomic E-state index is 6.43. The van der Waals surface area contributed by atoms with Gasteiger partial charge in [-0.3, -0.25) is 0 Å². The molecule has 0 aliphatic rings. The summed E-state index contributed by atoms with van der Waals surface area (Å²) in [6.07, 6.45) is 0.816. The van der Waals surface area contributed by atoms with Crippen LogP contribution < -0.4 is 5.73 Å². The highest BCUT2D eigenvalue weighted by molar-refractivity contribution is 6.30. The van der Waals surface area contributed by atoms with Gasteiger partial charge < -0.3 is 5.73 Å². The molecule has 2 aromatic carbocycles. The molecule has 0 aliphatic carbocycles. The number of aryl methyl sites for hydroxylation is 1. The van der Waals surface area contributed by atoms with Crippen molar-refractivity contribution in [2.45, 2.75) is 25.8 Å². The number of rotatable bonds is 3. The fourth-order valence-corrected chi connectivity index (χ4v) is 2.30. The summed E-state index contributed by atoms with van der Waals surface area (Å²) in [5, 5.41) is 0.741. The van der Waals surface area contributed by atoms with Crippen LogP contribution in [0.1, 0.15) is 23.6 Å². The molecule has 0 aromatic heterocycles. The van der Waals surface area contributed by atoms with Crippen LogP contribution in [0, 0.1) is 6.92 Å². The van der Waals surface area contributed by atoms with Crippen LogP contribution in [0.4, 0.5) is 0 Å². The van der Waals surface area contributed by atoms with Gasteiger partial charge in [-0.1, -0.05) is 53.6 Å². The molecule has 0 amide bonds. The van der Waals surface area contributed by atoms with Gasteiger partial charge in [-0.25, -0.2) is 0 Å². The fraction of sp³-hybridized carbons (Fsp3) is 0.250. The summed E-state index contributed by atoms with van der Waals surface area (Å²) in [6, 6.07) is 16.2. The SMILES string of the molecule is Cc1cccc(CC(C)(N)c2ccc(Cl)cc2)c1. The minimum absolute atomic E-state index is 0.377. The zero-order valence-corrected chi connectivity index (χ0v) is 11.5. The summed E-state index contributed by atoms with van der Waals surface area (Å²) in [6.45, 7) is 4.15. The lowest BCUT2D eigenvalue weighted by atomic mass is 9.86. The lowest BCUT2D eigenvalue weighted by molar-refractivity contribution is 0.491. The molecule has 2 aromatic rings. The van der Waals surface area contributed by atoms with Crippen LogP contribution in [0.3, 0.4) is 0 Å². The first kappa shape index (κ1) is 13.1. The average molecular weight is 260 g/mol. The van der Waals surface area contributed by atoms with Crippen LogP contribution in [0.5, 0.6) is 0 Å². The third-order valence-corrected chi connectivity index (χ3v) is 3.41. The molecular weight excluding hydrogens is 242 g/mol. The molecule has 18 heavy (non-hydrogen) atoms. The second-order valence-corrected chi connectivity index (χ2v) is 5.53. The summed E-state index contributed by atoms with van der Waals surface area (Å²) >= 11 is 5.90. The van der Waals surface area contributed by atoms with Crippen molar-refractivity contribution in [3.63, 3.8) is 0 Å². The standard InChI is InChI=1S/C16H18ClN/c1-12-4-3-5-13(10-12)11-16(2,18)14-6-8-15(17)9-7-14/h3-10H,11,18H2,1-2H3. The number of hydrogen-bond acceptors (Lipinski definition) is 1. The first-order valence-corrected chi connectivity index (χ1v) is 6.46. The minimum Gasteiger partial charge on any atom is -0.321 e. The maximum Gasteiger partial charge on any atom is 0.0421 e. The van der Waals surface area contributed by atoms with E-state index in [-0.39, 0.29) is 5.54 Å². The van der Waals surface area contributed by atoms with Crippen LogP contribution in [0.15, 0.2) is 48.5 Å². The van der Waals surface area contributed by atoms with E-state index in [4.69, 9.17) is 17.3 Å². The molecule has 0 saturated carbocycles. The molecule has 1 nitrogen and oxygen atoms in total. The van der Waals surface area contributed by atoms with Crippen LogP contribution in [-0.2, 0) is 12.0 Å². The molecule has 0 radical (unpaired) electrons. The molecule has 2 heteroatoms. The first-order chi connectivity index (χ1) is 8.47. The van der Waals surface area contributed by atoms with Crippen LogP contribution in [0.2, 0.25) is 5.02 Å². The molecule has 2 rings (SSSR count). The van der Waals surface area contributed by atoms with E-state index in [1.165, 1.54) is 11.1 Å². The maximum absolute atomic E-state index is 6.43. The van der Waals surface area contributed by atoms with Gasteiger partial charge in [0.1, 0.15) is 0 Å². The Hall–Kier alpha value is -1.31. The Balaban J connectivity index is 2.23. The quantitative estimate of drug-likeness (QED) is 0.884. The highest BCUT2D eigenvalue weighted by Crippen LogP contribution is 2.24. The monoisotopic (exact) mass is 259 g/mol. The van der Waals surface area contributed by atoms with Gasteiger partial charge in [0, 0.05) is 10.6 Å². The van der Waals surface area contributed by atoms with Crippen LogP contribution >= 0.6 is 11.6 Å². The number of halogens is 1. The third-order valence-electron chi connectivity index (χ3n) is 3.16. The van der Waals surface area contributed by atoms with Crippen molar-refractivity contribution >= 4 is 11.6 Å². The second-order valence-electron chi connectivity index (χ2n) is 5.09. The smallest absolute Gasteiger partial charge is 0.0421 e. The zero-order valence-electron chi connectivity index (χ0n) is 10.8. The lowest BCUT2D eigenvalue weighted by Crippen LogP contribution is -2.35. The average Bonchev–Trinajstić information content (AvgIpc) is 2.29. The summed E-state index contributed by atoms with van der Waals surface area (Å²) in [5.41, 5.74) is 9.68. The van der Waals surface area contributed by atoms with E-state index in [2.05, 4.69) is 38.1 Å². The summed E-state index contributed by atoms with van der Waals surface area (Å²) in [5.74, 6) is 0. The molecule has 1 atom stereocenters. The predicted molar refractivity (Wildman–Crippen MR) is 77.9 cm³/mol. The van der Waals surface area contributed by atoms with E-state index in [0.717, 1.165) is 17.0 Å². The normalized spacial score (nSPS) is 14.2. The Morgan fingerprint density at radius 1 is 1.11 bits per heavy atom. The summed E-state index contributed by atoms with van der Waals surface area (Å²) in [4.78, 5) is 0. The number of nitrogens with two attached hydrogens (primary N) is 1. The van der Waals surface area contributed by atoms with Gasteiger partial charge in [0.15, 0.2) is 0 Å². The van der Waals surface area contributed by atoms with E-state index < -0.39 is 0 Å². The van der Waals surface area contributed by atoms with E-state index in [1.54, 1.807) is 0 Å². The van der Waals surface area contributed by atoms with Gasteiger partial charge in [-0.2, -0.15) is 0 Å². The molecule has 0 bridgehead atoms. The number of benzene rings is 2. The van der Waals surface area contributed by atoms with Crippen molar-refractivity contribution in [1.82, 2.24) is 0 Å². The van der Waals surface area contributed by atoms with Crippen molar-refractivity contribution in [1.29, 1.82) is 0 Å². The van der Waals surface area contributed by atoms with Gasteiger partial charge >= 0.3 is 0 Å². The number of hydrogen-bond donors (Lipinski definition) is 1. The molecule has 0 heterocycles. The van der Waals surface area contributed by atoms with Gasteiger partial charge in [-0.05, 0) is 43.5 Å². The Bertz CT molecular complexity index is 529. The minimum atomic E-state index is -0.377. The molecule has 0 spiro atoms. The Labute approximate surface area is 114 Å². The Kier molecular flexibility index (Phi) is 3.74. The molecule has 94 valence electrons. The van der Waals surface area contributed by atoms with E-state index in [0.29, 0.717) is 0 Å². The van der Waals surface area contributed by atoms with Crippen LogP contribution in [0.25, 0.3) is 0 Å². The highest BCUT2D eigenvalue weighted by Gasteiger charge is 2.21. The topological polar surface area (TPSA) is 26.0 Å². The predicted octanol–water partition coefficient (Wildman–Crippen LogP) is 4.07. The Morgan fingerprint density at radius 3 is 2.39 bits per heavy atom. The molecule has 1 unspecified atom stereocenters. The molecule has 0 aliphatic heterocycles. The first-order valence-electron chi connectivity index (χ1n) is 6.08. The van der Waals surface area contributed by atoms with E-state index in [1.807, 2.05) is 24.3 Å². The summed E-state index contributed by atoms with van der Waals surface area (Å²) < 4.78 is 0. The van der Waals surface area contributed by atoms with Crippen molar-refractivity contribution in [3.05, 3.63) is 70.2 Å².